The molecule has 0 amide bonds. The largest absolute Gasteiger partial charge is 0.316 e. The van der Waals surface area contributed by atoms with Crippen LogP contribution < -0.4 is 5.32 Å². The predicted octanol–water partition coefficient (Wildman–Crippen LogP) is 3.68. The lowest BCUT2D eigenvalue weighted by molar-refractivity contribution is 0.552. The minimum absolute atomic E-state index is 0.738. The van der Waals surface area contributed by atoms with Gasteiger partial charge in [0.2, 0.25) is 0 Å². The predicted molar refractivity (Wildman–Crippen MR) is 89.5 cm³/mol. The van der Waals surface area contributed by atoms with Crippen molar-refractivity contribution in [1.82, 2.24) is 15.1 Å². The molecule has 1 aliphatic carbocycles. The highest BCUT2D eigenvalue weighted by molar-refractivity contribution is 5.36. The highest BCUT2D eigenvalue weighted by Crippen LogP contribution is 2.37. The summed E-state index contributed by atoms with van der Waals surface area (Å²) >= 11 is 0. The van der Waals surface area contributed by atoms with Crippen molar-refractivity contribution < 1.29 is 0 Å². The summed E-state index contributed by atoms with van der Waals surface area (Å²) in [4.78, 5) is 0. The number of hydrogen-bond acceptors (Lipinski definition) is 2. The van der Waals surface area contributed by atoms with E-state index in [2.05, 4.69) is 46.5 Å². The molecule has 2 fully saturated rings. The van der Waals surface area contributed by atoms with Gasteiger partial charge >= 0.3 is 0 Å². The van der Waals surface area contributed by atoms with Gasteiger partial charge in [0, 0.05) is 5.69 Å². The molecule has 3 nitrogen and oxygen atoms in total. The molecular weight excluding hydrogens is 270 g/mol. The van der Waals surface area contributed by atoms with Gasteiger partial charge in [0.15, 0.2) is 0 Å². The zero-order chi connectivity index (χ0) is 14.8. The van der Waals surface area contributed by atoms with Gasteiger partial charge in [-0.15, -0.1) is 0 Å². The van der Waals surface area contributed by atoms with Crippen molar-refractivity contribution in [3.05, 3.63) is 47.8 Å². The molecule has 1 atom stereocenters. The zero-order valence-corrected chi connectivity index (χ0v) is 13.2. The molecule has 116 valence electrons. The van der Waals surface area contributed by atoms with Crippen molar-refractivity contribution in [1.29, 1.82) is 0 Å². The third-order valence-electron chi connectivity index (χ3n) is 5.34. The lowest BCUT2D eigenvalue weighted by atomic mass is 9.93. The van der Waals surface area contributed by atoms with Crippen molar-refractivity contribution >= 4 is 0 Å². The smallest absolute Gasteiger partial charge is 0.0648 e. The number of para-hydroxylation sites is 1. The summed E-state index contributed by atoms with van der Waals surface area (Å²) in [7, 11) is 0. The molecule has 2 aliphatic rings. The van der Waals surface area contributed by atoms with Crippen LogP contribution in [0.15, 0.2) is 36.5 Å². The first-order valence-electron chi connectivity index (χ1n) is 8.75. The molecule has 0 radical (unpaired) electrons. The molecule has 1 saturated heterocycles. The average molecular weight is 295 g/mol. The first-order valence-corrected chi connectivity index (χ1v) is 8.75. The van der Waals surface area contributed by atoms with Crippen LogP contribution in [0.3, 0.4) is 0 Å². The Morgan fingerprint density at radius 2 is 1.91 bits per heavy atom. The monoisotopic (exact) mass is 295 g/mol. The second-order valence-electron chi connectivity index (χ2n) is 6.84. The maximum Gasteiger partial charge on any atom is 0.0648 e. The van der Waals surface area contributed by atoms with Crippen LogP contribution in [-0.2, 0) is 6.42 Å². The Morgan fingerprint density at radius 3 is 2.64 bits per heavy atom. The van der Waals surface area contributed by atoms with Gasteiger partial charge in [0.05, 0.1) is 11.9 Å². The molecule has 1 N–H and O–H groups in total. The zero-order valence-electron chi connectivity index (χ0n) is 13.2. The van der Waals surface area contributed by atoms with Gasteiger partial charge in [-0.25, -0.2) is 4.68 Å². The highest BCUT2D eigenvalue weighted by Gasteiger charge is 2.26. The molecule has 1 aliphatic heterocycles. The first kappa shape index (κ1) is 14.0. The van der Waals surface area contributed by atoms with Crippen LogP contribution in [-0.4, -0.2) is 22.9 Å². The van der Waals surface area contributed by atoms with Gasteiger partial charge in [0.25, 0.3) is 0 Å². The molecule has 3 heteroatoms. The summed E-state index contributed by atoms with van der Waals surface area (Å²) < 4.78 is 2.20. The van der Waals surface area contributed by atoms with Crippen molar-refractivity contribution in [2.75, 3.05) is 13.1 Å². The minimum atomic E-state index is 0.738. The Kier molecular flexibility index (Phi) is 3.98. The van der Waals surface area contributed by atoms with Crippen LogP contribution >= 0.6 is 0 Å². The van der Waals surface area contributed by atoms with E-state index in [4.69, 9.17) is 5.10 Å². The number of hydrogen-bond donors (Lipinski definition) is 1. The van der Waals surface area contributed by atoms with Crippen molar-refractivity contribution in [3.8, 4) is 5.69 Å². The fraction of sp³-hybridized carbons (Fsp3) is 0.526. The summed E-state index contributed by atoms with van der Waals surface area (Å²) in [6, 6.07) is 10.6. The van der Waals surface area contributed by atoms with E-state index >= 15 is 0 Å². The molecule has 2 heterocycles. The normalized spacial score (nSPS) is 22.5. The van der Waals surface area contributed by atoms with E-state index in [1.54, 1.807) is 0 Å². The fourth-order valence-corrected chi connectivity index (χ4v) is 4.12. The van der Waals surface area contributed by atoms with Gasteiger partial charge in [-0.1, -0.05) is 31.0 Å². The topological polar surface area (TPSA) is 29.9 Å². The summed E-state index contributed by atoms with van der Waals surface area (Å²) in [6.45, 7) is 2.33. The van der Waals surface area contributed by atoms with E-state index in [1.807, 2.05) is 0 Å². The van der Waals surface area contributed by atoms with Gasteiger partial charge in [-0.3, -0.25) is 0 Å². The van der Waals surface area contributed by atoms with Crippen LogP contribution in [0.1, 0.15) is 49.3 Å². The Morgan fingerprint density at radius 1 is 1.09 bits per heavy atom. The van der Waals surface area contributed by atoms with E-state index in [0.717, 1.165) is 24.8 Å². The number of aromatic nitrogens is 2. The Balaban J connectivity index is 1.70. The lowest BCUT2D eigenvalue weighted by Gasteiger charge is -2.16. The maximum absolute atomic E-state index is 4.77. The minimum Gasteiger partial charge on any atom is -0.316 e. The van der Waals surface area contributed by atoms with E-state index in [-0.39, 0.29) is 0 Å². The Hall–Kier alpha value is -1.61. The van der Waals surface area contributed by atoms with Crippen LogP contribution in [0.25, 0.3) is 5.69 Å². The molecule has 1 aromatic heterocycles. The van der Waals surface area contributed by atoms with Gasteiger partial charge in [0.1, 0.15) is 0 Å². The third kappa shape index (κ3) is 2.70. The number of nitrogens with one attached hydrogen (secondary N) is 1. The molecule has 1 unspecified atom stereocenters. The summed E-state index contributed by atoms with van der Waals surface area (Å²) in [5.74, 6) is 1.50. The second-order valence-corrected chi connectivity index (χ2v) is 6.84. The van der Waals surface area contributed by atoms with Crippen LogP contribution in [0.4, 0.5) is 0 Å². The summed E-state index contributed by atoms with van der Waals surface area (Å²) in [5.41, 5.74) is 4.19. The average Bonchev–Trinajstić information content (AvgIpc) is 3.30. The fourth-order valence-electron chi connectivity index (χ4n) is 4.12. The maximum atomic E-state index is 4.77. The van der Waals surface area contributed by atoms with Gasteiger partial charge in [-0.2, -0.15) is 5.10 Å². The molecule has 1 aromatic carbocycles. The molecule has 0 spiro atoms. The van der Waals surface area contributed by atoms with Crippen molar-refractivity contribution in [2.45, 2.75) is 44.4 Å². The molecule has 4 rings (SSSR count). The van der Waals surface area contributed by atoms with Crippen LogP contribution in [0, 0.1) is 5.92 Å². The molecule has 1 saturated carbocycles. The first-order chi connectivity index (χ1) is 10.9. The molecule has 0 bridgehead atoms. The van der Waals surface area contributed by atoms with E-state index < -0.39 is 0 Å². The standard InChI is InChI=1S/C19H25N3/c1-2-8-17(9-3-1)22-19(12-15-10-11-20-13-15)18(14-21-22)16-6-4-5-7-16/h1-3,8-9,14-16,20H,4-7,10-13H2. The van der Waals surface area contributed by atoms with Crippen molar-refractivity contribution in [2.24, 2.45) is 5.92 Å². The van der Waals surface area contributed by atoms with Gasteiger partial charge < -0.3 is 5.32 Å². The number of benzene rings is 1. The lowest BCUT2D eigenvalue weighted by Crippen LogP contribution is -2.14. The summed E-state index contributed by atoms with van der Waals surface area (Å²) in [5, 5.41) is 8.27. The SMILES string of the molecule is c1ccc(-n2ncc(C3CCCC3)c2CC2CCNC2)cc1. The number of rotatable bonds is 4. The van der Waals surface area contributed by atoms with Gasteiger partial charge in [-0.05, 0) is 68.3 Å². The van der Waals surface area contributed by atoms with Crippen LogP contribution in [0.5, 0.6) is 0 Å². The Bertz CT molecular complexity index is 605. The summed E-state index contributed by atoms with van der Waals surface area (Å²) in [6.07, 6.45) is 10.1. The molecule has 22 heavy (non-hydrogen) atoms. The Labute approximate surface area is 132 Å². The molecule has 2 aromatic rings. The third-order valence-corrected chi connectivity index (χ3v) is 5.34. The molecular formula is C19H25N3. The quantitative estimate of drug-likeness (QED) is 0.932. The number of nitrogens with zero attached hydrogens (tertiary/aromatic N) is 2. The van der Waals surface area contributed by atoms with E-state index in [1.165, 1.54) is 55.6 Å². The van der Waals surface area contributed by atoms with Crippen LogP contribution in [0.2, 0.25) is 0 Å². The van der Waals surface area contributed by atoms with E-state index in [0.29, 0.717) is 0 Å². The second kappa shape index (κ2) is 6.25. The highest BCUT2D eigenvalue weighted by atomic mass is 15.3. The van der Waals surface area contributed by atoms with Crippen molar-refractivity contribution in [3.63, 3.8) is 0 Å². The van der Waals surface area contributed by atoms with E-state index in [9.17, 15) is 0 Å².